The molecule has 0 saturated heterocycles. The molecule has 1 aromatic carbocycles. The molecule has 0 aliphatic heterocycles. The summed E-state index contributed by atoms with van der Waals surface area (Å²) < 4.78 is 26.7. The van der Waals surface area contributed by atoms with Gasteiger partial charge in [0.15, 0.2) is 5.96 Å². The summed E-state index contributed by atoms with van der Waals surface area (Å²) in [5.41, 5.74) is 2.33. The molecular formula is C18H31IN4O2S. The van der Waals surface area contributed by atoms with E-state index in [4.69, 9.17) is 0 Å². The normalized spacial score (nSPS) is 15.1. The highest BCUT2D eigenvalue weighted by Gasteiger charge is 2.20. The molecule has 0 amide bonds. The fourth-order valence-electron chi connectivity index (χ4n) is 2.64. The Labute approximate surface area is 174 Å². The summed E-state index contributed by atoms with van der Waals surface area (Å²) in [6, 6.07) is 8.20. The molecule has 0 heterocycles. The van der Waals surface area contributed by atoms with Gasteiger partial charge in [0.1, 0.15) is 0 Å². The van der Waals surface area contributed by atoms with Crippen molar-refractivity contribution < 1.29 is 8.42 Å². The van der Waals surface area contributed by atoms with Crippen molar-refractivity contribution >= 4 is 40.0 Å². The van der Waals surface area contributed by atoms with Crippen LogP contribution in [0.25, 0.3) is 0 Å². The predicted octanol–water partition coefficient (Wildman–Crippen LogP) is 2.39. The lowest BCUT2D eigenvalue weighted by Gasteiger charge is -2.25. The van der Waals surface area contributed by atoms with Gasteiger partial charge in [-0.1, -0.05) is 36.2 Å². The molecule has 0 spiro atoms. The van der Waals surface area contributed by atoms with Crippen LogP contribution < -0.4 is 15.4 Å². The summed E-state index contributed by atoms with van der Waals surface area (Å²) in [6.45, 7) is 6.23. The van der Waals surface area contributed by atoms with Crippen LogP contribution in [-0.4, -0.2) is 39.8 Å². The molecule has 0 bridgehead atoms. The Morgan fingerprint density at radius 2 is 2.04 bits per heavy atom. The Balaban J connectivity index is 0.00000338. The van der Waals surface area contributed by atoms with Crippen LogP contribution in [0.4, 0.5) is 0 Å². The van der Waals surface area contributed by atoms with Crippen LogP contribution >= 0.6 is 24.0 Å². The lowest BCUT2D eigenvalue weighted by Crippen LogP contribution is -2.42. The fraction of sp³-hybridized carbons (Fsp3) is 0.611. The summed E-state index contributed by atoms with van der Waals surface area (Å²) in [5.74, 6) is 1.21. The van der Waals surface area contributed by atoms with Crippen LogP contribution in [0.1, 0.15) is 37.3 Å². The van der Waals surface area contributed by atoms with Crippen molar-refractivity contribution in [3.05, 3.63) is 35.4 Å². The molecule has 1 saturated carbocycles. The van der Waals surface area contributed by atoms with Crippen molar-refractivity contribution in [2.75, 3.05) is 25.4 Å². The van der Waals surface area contributed by atoms with Gasteiger partial charge in [0.25, 0.3) is 0 Å². The van der Waals surface area contributed by atoms with Crippen molar-refractivity contribution in [3.63, 3.8) is 0 Å². The third kappa shape index (κ3) is 8.68. The largest absolute Gasteiger partial charge is 0.357 e. The summed E-state index contributed by atoms with van der Waals surface area (Å²) in [7, 11) is -3.23. The molecule has 1 aliphatic rings. The van der Waals surface area contributed by atoms with Crippen molar-refractivity contribution in [2.45, 2.75) is 39.7 Å². The zero-order valence-corrected chi connectivity index (χ0v) is 18.8. The number of sulfonamides is 1. The molecule has 0 aromatic heterocycles. The van der Waals surface area contributed by atoms with Gasteiger partial charge in [0, 0.05) is 19.6 Å². The molecule has 1 aliphatic carbocycles. The number of guanidine groups is 1. The van der Waals surface area contributed by atoms with Crippen molar-refractivity contribution in [3.8, 4) is 0 Å². The Bertz CT molecular complexity index is 676. The van der Waals surface area contributed by atoms with E-state index >= 15 is 0 Å². The van der Waals surface area contributed by atoms with Gasteiger partial charge < -0.3 is 10.6 Å². The highest BCUT2D eigenvalue weighted by atomic mass is 127. The topological polar surface area (TPSA) is 82.6 Å². The maximum atomic E-state index is 12.0. The first-order valence-electron chi connectivity index (χ1n) is 9.03. The SMILES string of the molecule is CCNC(=NCc1cccc(C)c1)NCCS(=O)(=O)NCC1CCC1.I. The molecule has 0 radical (unpaired) electrons. The van der Waals surface area contributed by atoms with Crippen LogP contribution in [-0.2, 0) is 16.6 Å². The molecule has 148 valence electrons. The number of halogens is 1. The van der Waals surface area contributed by atoms with Gasteiger partial charge in [0.05, 0.1) is 12.3 Å². The van der Waals surface area contributed by atoms with Gasteiger partial charge in [-0.05, 0) is 38.2 Å². The van der Waals surface area contributed by atoms with Gasteiger partial charge in [-0.2, -0.15) is 0 Å². The average molecular weight is 494 g/mol. The fourth-order valence-corrected chi connectivity index (χ4v) is 3.65. The maximum absolute atomic E-state index is 12.0. The summed E-state index contributed by atoms with van der Waals surface area (Å²) >= 11 is 0. The van der Waals surface area contributed by atoms with Gasteiger partial charge >= 0.3 is 0 Å². The number of hydrogen-bond acceptors (Lipinski definition) is 3. The third-order valence-electron chi connectivity index (χ3n) is 4.33. The Morgan fingerprint density at radius 3 is 2.65 bits per heavy atom. The molecule has 0 unspecified atom stereocenters. The standard InChI is InChI=1S/C18H30N4O2S.HI/c1-3-19-18(21-13-17-9-4-6-15(2)12-17)20-10-11-25(23,24)22-14-16-7-5-8-16;/h4,6,9,12,16,22H,3,5,7-8,10-11,13-14H2,1-2H3,(H2,19,20,21);1H. The molecule has 1 fully saturated rings. The average Bonchev–Trinajstić information content (AvgIpc) is 2.51. The van der Waals surface area contributed by atoms with Gasteiger partial charge in [-0.3, -0.25) is 0 Å². The summed E-state index contributed by atoms with van der Waals surface area (Å²) in [5, 5.41) is 6.24. The quantitative estimate of drug-likeness (QED) is 0.280. The van der Waals surface area contributed by atoms with E-state index in [2.05, 4.69) is 39.4 Å². The van der Waals surface area contributed by atoms with E-state index in [-0.39, 0.29) is 29.7 Å². The second-order valence-corrected chi connectivity index (χ2v) is 8.50. The monoisotopic (exact) mass is 494 g/mol. The number of nitrogens with one attached hydrogen (secondary N) is 3. The first-order chi connectivity index (χ1) is 12.0. The first kappa shape index (κ1) is 23.2. The molecule has 1 aromatic rings. The number of benzene rings is 1. The maximum Gasteiger partial charge on any atom is 0.213 e. The molecule has 26 heavy (non-hydrogen) atoms. The molecule has 0 atom stereocenters. The second kappa shape index (κ2) is 11.8. The van der Waals surface area contributed by atoms with E-state index in [1.165, 1.54) is 12.0 Å². The number of nitrogens with zero attached hydrogens (tertiary/aromatic N) is 1. The summed E-state index contributed by atoms with van der Waals surface area (Å²) in [4.78, 5) is 4.52. The van der Waals surface area contributed by atoms with E-state index in [0.717, 1.165) is 24.9 Å². The minimum Gasteiger partial charge on any atom is -0.357 e. The number of hydrogen-bond donors (Lipinski definition) is 3. The molecule has 2 rings (SSSR count). The zero-order chi connectivity index (χ0) is 18.1. The first-order valence-corrected chi connectivity index (χ1v) is 10.7. The highest BCUT2D eigenvalue weighted by Crippen LogP contribution is 2.25. The minimum absolute atomic E-state index is 0. The molecular weight excluding hydrogens is 463 g/mol. The lowest BCUT2D eigenvalue weighted by atomic mass is 9.86. The van der Waals surface area contributed by atoms with Crippen molar-refractivity contribution in [1.82, 2.24) is 15.4 Å². The van der Waals surface area contributed by atoms with Crippen molar-refractivity contribution in [1.29, 1.82) is 0 Å². The lowest BCUT2D eigenvalue weighted by molar-refractivity contribution is 0.316. The minimum atomic E-state index is -3.23. The Hall–Kier alpha value is -0.870. The van der Waals surface area contributed by atoms with Crippen LogP contribution in [0, 0.1) is 12.8 Å². The Morgan fingerprint density at radius 1 is 1.27 bits per heavy atom. The molecule has 3 N–H and O–H groups in total. The van der Waals surface area contributed by atoms with Crippen molar-refractivity contribution in [2.24, 2.45) is 10.9 Å². The second-order valence-electron chi connectivity index (χ2n) is 6.58. The van der Waals surface area contributed by atoms with E-state index < -0.39 is 10.0 Å². The van der Waals surface area contributed by atoms with Crippen LogP contribution in [0.3, 0.4) is 0 Å². The number of aryl methyl sites for hydroxylation is 1. The van der Waals surface area contributed by atoms with Crippen LogP contribution in [0.2, 0.25) is 0 Å². The van der Waals surface area contributed by atoms with E-state index in [1.54, 1.807) is 0 Å². The summed E-state index contributed by atoms with van der Waals surface area (Å²) in [6.07, 6.45) is 3.49. The highest BCUT2D eigenvalue weighted by molar-refractivity contribution is 14.0. The zero-order valence-electron chi connectivity index (χ0n) is 15.6. The molecule has 8 heteroatoms. The van der Waals surface area contributed by atoms with E-state index in [1.807, 2.05) is 19.1 Å². The Kier molecular flexibility index (Phi) is 10.5. The van der Waals surface area contributed by atoms with Gasteiger partial charge in [-0.25, -0.2) is 18.1 Å². The van der Waals surface area contributed by atoms with Crippen LogP contribution in [0.15, 0.2) is 29.3 Å². The predicted molar refractivity (Wildman–Crippen MR) is 119 cm³/mol. The van der Waals surface area contributed by atoms with Gasteiger partial charge in [-0.15, -0.1) is 24.0 Å². The van der Waals surface area contributed by atoms with Crippen LogP contribution in [0.5, 0.6) is 0 Å². The van der Waals surface area contributed by atoms with E-state index in [0.29, 0.717) is 31.5 Å². The smallest absolute Gasteiger partial charge is 0.213 e. The number of rotatable bonds is 9. The molecule has 6 nitrogen and oxygen atoms in total. The number of aliphatic imine (C=N–C) groups is 1. The third-order valence-corrected chi connectivity index (χ3v) is 5.67. The van der Waals surface area contributed by atoms with Gasteiger partial charge in [0.2, 0.25) is 10.0 Å². The van der Waals surface area contributed by atoms with E-state index in [9.17, 15) is 8.42 Å².